The van der Waals surface area contributed by atoms with Crippen LogP contribution in [-0.2, 0) is 13.1 Å². The van der Waals surface area contributed by atoms with Crippen LogP contribution in [-0.4, -0.2) is 69.8 Å². The van der Waals surface area contributed by atoms with Crippen LogP contribution in [0.2, 0.25) is 10.0 Å². The molecule has 0 bridgehead atoms. The third-order valence-electron chi connectivity index (χ3n) is 5.34. The Hall–Kier alpha value is -2.59. The highest BCUT2D eigenvalue weighted by molar-refractivity contribution is 6.37. The number of rotatable bonds is 7. The maximum absolute atomic E-state index is 12.4. The normalized spacial score (nSPS) is 15.9. The van der Waals surface area contributed by atoms with Gasteiger partial charge >= 0.3 is 6.03 Å². The Bertz CT molecular complexity index is 1040. The topological polar surface area (TPSA) is 117 Å². The van der Waals surface area contributed by atoms with Gasteiger partial charge in [-0.2, -0.15) is 0 Å². The van der Waals surface area contributed by atoms with Crippen molar-refractivity contribution in [2.75, 3.05) is 38.5 Å². The van der Waals surface area contributed by atoms with Gasteiger partial charge in [0.15, 0.2) is 0 Å². The SMILES string of the molecule is C=CCNC(=O)N1Cc2nc(N)nc(-c3c(Cl)cc(Cl)cc3OCCN3CC(O)C3)c2C1. The lowest BCUT2D eigenvalue weighted by Crippen LogP contribution is -2.51. The smallest absolute Gasteiger partial charge is 0.318 e. The van der Waals surface area contributed by atoms with E-state index < -0.39 is 0 Å². The molecule has 4 N–H and O–H groups in total. The molecule has 1 fully saturated rings. The van der Waals surface area contributed by atoms with Crippen molar-refractivity contribution in [3.63, 3.8) is 0 Å². The lowest BCUT2D eigenvalue weighted by molar-refractivity contribution is -0.00384. The monoisotopic (exact) mass is 478 g/mol. The molecule has 4 rings (SSSR count). The summed E-state index contributed by atoms with van der Waals surface area (Å²) in [6.45, 7) is 6.88. The maximum atomic E-state index is 12.4. The van der Waals surface area contributed by atoms with Crippen LogP contribution >= 0.6 is 23.2 Å². The van der Waals surface area contributed by atoms with E-state index in [0.29, 0.717) is 78.6 Å². The number of aliphatic hydroxyl groups is 1. The van der Waals surface area contributed by atoms with E-state index in [1.807, 2.05) is 0 Å². The standard InChI is InChI=1S/C21H24Cl2N6O3/c1-2-3-25-21(31)29-10-14-16(11-29)26-20(24)27-19(14)18-15(23)6-12(22)7-17(18)32-5-4-28-8-13(30)9-28/h2,6-7,13,30H,1,3-5,8-11H2,(H,25,31)(H2,24,26,27). The van der Waals surface area contributed by atoms with Crippen LogP contribution in [0, 0.1) is 0 Å². The van der Waals surface area contributed by atoms with Gasteiger partial charge in [0, 0.05) is 36.8 Å². The number of halogens is 2. The number of aliphatic hydroxyl groups excluding tert-OH is 1. The third kappa shape index (κ3) is 4.75. The number of hydrogen-bond donors (Lipinski definition) is 3. The van der Waals surface area contributed by atoms with Crippen molar-refractivity contribution in [3.8, 4) is 17.0 Å². The molecule has 0 saturated carbocycles. The van der Waals surface area contributed by atoms with Crippen molar-refractivity contribution in [2.45, 2.75) is 19.2 Å². The highest BCUT2D eigenvalue weighted by atomic mass is 35.5. The van der Waals surface area contributed by atoms with Gasteiger partial charge in [-0.25, -0.2) is 14.8 Å². The molecular formula is C21H24Cl2N6O3. The average molecular weight is 479 g/mol. The first-order chi connectivity index (χ1) is 15.4. The molecule has 2 aromatic rings. The largest absolute Gasteiger partial charge is 0.491 e. The van der Waals surface area contributed by atoms with Gasteiger partial charge in [-0.05, 0) is 12.1 Å². The van der Waals surface area contributed by atoms with Crippen LogP contribution in [0.15, 0.2) is 24.8 Å². The molecule has 1 aromatic carbocycles. The van der Waals surface area contributed by atoms with E-state index >= 15 is 0 Å². The summed E-state index contributed by atoms with van der Waals surface area (Å²) in [5.74, 6) is 0.553. The minimum Gasteiger partial charge on any atom is -0.491 e. The molecule has 0 radical (unpaired) electrons. The summed E-state index contributed by atoms with van der Waals surface area (Å²) in [6.07, 6.45) is 1.34. The molecule has 32 heavy (non-hydrogen) atoms. The Morgan fingerprint density at radius 3 is 2.84 bits per heavy atom. The zero-order valence-corrected chi connectivity index (χ0v) is 18.9. The van der Waals surface area contributed by atoms with E-state index in [2.05, 4.69) is 26.8 Å². The number of benzene rings is 1. The lowest BCUT2D eigenvalue weighted by Gasteiger charge is -2.35. The summed E-state index contributed by atoms with van der Waals surface area (Å²) >= 11 is 12.8. The number of amides is 2. The van der Waals surface area contributed by atoms with Crippen LogP contribution in [0.3, 0.4) is 0 Å². The van der Waals surface area contributed by atoms with E-state index in [9.17, 15) is 9.90 Å². The van der Waals surface area contributed by atoms with Crippen LogP contribution in [0.1, 0.15) is 11.3 Å². The molecule has 0 spiro atoms. The summed E-state index contributed by atoms with van der Waals surface area (Å²) in [5.41, 5.74) is 8.47. The Morgan fingerprint density at radius 1 is 1.34 bits per heavy atom. The quantitative estimate of drug-likeness (QED) is 0.522. The summed E-state index contributed by atoms with van der Waals surface area (Å²) in [5, 5.41) is 13.0. The molecule has 1 saturated heterocycles. The fourth-order valence-electron chi connectivity index (χ4n) is 3.80. The van der Waals surface area contributed by atoms with Crippen LogP contribution in [0.4, 0.5) is 10.7 Å². The molecule has 0 aliphatic carbocycles. The minimum absolute atomic E-state index is 0.0821. The van der Waals surface area contributed by atoms with Crippen LogP contribution < -0.4 is 15.8 Å². The van der Waals surface area contributed by atoms with Crippen molar-refractivity contribution >= 4 is 35.2 Å². The van der Waals surface area contributed by atoms with Gasteiger partial charge < -0.3 is 25.8 Å². The fourth-order valence-corrected chi connectivity index (χ4v) is 4.36. The Balaban J connectivity index is 1.63. The molecule has 11 heteroatoms. The Morgan fingerprint density at radius 2 is 2.12 bits per heavy atom. The number of nitrogens with one attached hydrogen (secondary N) is 1. The molecule has 2 aliphatic rings. The van der Waals surface area contributed by atoms with Crippen molar-refractivity contribution in [1.82, 2.24) is 25.1 Å². The van der Waals surface area contributed by atoms with Gasteiger partial charge in [0.25, 0.3) is 0 Å². The summed E-state index contributed by atoms with van der Waals surface area (Å²) in [6, 6.07) is 3.07. The zero-order valence-electron chi connectivity index (χ0n) is 17.4. The van der Waals surface area contributed by atoms with Crippen molar-refractivity contribution in [2.24, 2.45) is 0 Å². The number of ether oxygens (including phenoxy) is 1. The first-order valence-corrected chi connectivity index (χ1v) is 10.9. The number of hydrogen-bond acceptors (Lipinski definition) is 7. The van der Waals surface area contributed by atoms with Crippen molar-refractivity contribution in [1.29, 1.82) is 0 Å². The fraction of sp³-hybridized carbons (Fsp3) is 0.381. The number of anilines is 1. The Kier molecular flexibility index (Phi) is 6.71. The second kappa shape index (κ2) is 9.50. The number of nitrogens with two attached hydrogens (primary N) is 1. The number of nitrogens with zero attached hydrogens (tertiary/aromatic N) is 4. The number of β-amino-alcohol motifs (C(OH)–C–C–N with tert-alkyl or cyclic N) is 1. The molecule has 2 aliphatic heterocycles. The van der Waals surface area contributed by atoms with Crippen LogP contribution in [0.25, 0.3) is 11.3 Å². The molecule has 0 atom stereocenters. The Labute approximate surface area is 195 Å². The first-order valence-electron chi connectivity index (χ1n) is 10.2. The number of likely N-dealkylation sites (tertiary alicyclic amines) is 1. The predicted molar refractivity (Wildman–Crippen MR) is 123 cm³/mol. The summed E-state index contributed by atoms with van der Waals surface area (Å²) in [7, 11) is 0. The average Bonchev–Trinajstić information content (AvgIpc) is 3.14. The van der Waals surface area contributed by atoms with Gasteiger partial charge in [0.2, 0.25) is 5.95 Å². The molecular weight excluding hydrogens is 455 g/mol. The second-order valence-corrected chi connectivity index (χ2v) is 8.55. The number of nitrogen functional groups attached to an aromatic ring is 1. The van der Waals surface area contributed by atoms with Gasteiger partial charge in [-0.15, -0.1) is 6.58 Å². The van der Waals surface area contributed by atoms with Gasteiger partial charge in [0.1, 0.15) is 12.4 Å². The zero-order chi connectivity index (χ0) is 22.8. The van der Waals surface area contributed by atoms with Crippen LogP contribution in [0.5, 0.6) is 5.75 Å². The van der Waals surface area contributed by atoms with E-state index in [0.717, 1.165) is 5.56 Å². The van der Waals surface area contributed by atoms with Crippen molar-refractivity contribution < 1.29 is 14.6 Å². The first kappa shape index (κ1) is 22.6. The molecule has 2 amide bonds. The van der Waals surface area contributed by atoms with E-state index in [1.54, 1.807) is 23.1 Å². The highest BCUT2D eigenvalue weighted by Gasteiger charge is 2.31. The molecule has 170 valence electrons. The number of carbonyl (C=O) groups excluding carboxylic acids is 1. The molecule has 0 unspecified atom stereocenters. The van der Waals surface area contributed by atoms with Gasteiger partial charge in [-0.1, -0.05) is 29.3 Å². The predicted octanol–water partition coefficient (Wildman–Crippen LogP) is 2.30. The minimum atomic E-state index is -0.274. The number of aromatic nitrogens is 2. The number of urea groups is 1. The van der Waals surface area contributed by atoms with E-state index in [4.69, 9.17) is 33.7 Å². The lowest BCUT2D eigenvalue weighted by atomic mass is 10.0. The summed E-state index contributed by atoms with van der Waals surface area (Å²) < 4.78 is 6.02. The maximum Gasteiger partial charge on any atom is 0.318 e. The second-order valence-electron chi connectivity index (χ2n) is 7.71. The van der Waals surface area contributed by atoms with Crippen molar-refractivity contribution in [3.05, 3.63) is 46.1 Å². The molecule has 1 aromatic heterocycles. The molecule has 9 nitrogen and oxygen atoms in total. The summed E-state index contributed by atoms with van der Waals surface area (Å²) in [4.78, 5) is 24.9. The van der Waals surface area contributed by atoms with E-state index in [1.165, 1.54) is 0 Å². The van der Waals surface area contributed by atoms with Gasteiger partial charge in [-0.3, -0.25) is 4.90 Å². The molecule has 3 heterocycles. The van der Waals surface area contributed by atoms with E-state index in [-0.39, 0.29) is 18.1 Å². The third-order valence-corrected chi connectivity index (χ3v) is 5.86. The number of fused-ring (bicyclic) bond motifs is 1. The van der Waals surface area contributed by atoms with Gasteiger partial charge in [0.05, 0.1) is 41.2 Å². The highest BCUT2D eigenvalue weighted by Crippen LogP contribution is 2.42. The number of carbonyl (C=O) groups is 1.